The third kappa shape index (κ3) is 8.06. The third-order valence-corrected chi connectivity index (χ3v) is 5.64. The molecule has 2 aromatic rings. The lowest BCUT2D eigenvalue weighted by molar-refractivity contribution is -0.389. The average Bonchev–Trinajstić information content (AvgIpc) is 2.84. The maximum atomic E-state index is 13.8. The summed E-state index contributed by atoms with van der Waals surface area (Å²) in [5, 5.41) is 24.5. The molecule has 0 amide bonds. The van der Waals surface area contributed by atoms with Crippen LogP contribution in [0.3, 0.4) is 0 Å². The molecule has 12 nitrogen and oxygen atoms in total. The van der Waals surface area contributed by atoms with Crippen molar-refractivity contribution in [1.29, 1.82) is 0 Å². The van der Waals surface area contributed by atoms with Crippen LogP contribution in [0.15, 0.2) is 24.3 Å². The van der Waals surface area contributed by atoms with Gasteiger partial charge in [-0.3, -0.25) is 20.2 Å². The van der Waals surface area contributed by atoms with Crippen LogP contribution in [0.1, 0.15) is 52.1 Å². The summed E-state index contributed by atoms with van der Waals surface area (Å²) in [6, 6.07) is 2.96. The lowest BCUT2D eigenvalue weighted by atomic mass is 10.0. The number of nitrogens with one attached hydrogen (secondary N) is 1. The quantitative estimate of drug-likeness (QED) is 0.174. The number of ether oxygens (including phenoxy) is 3. The van der Waals surface area contributed by atoms with Gasteiger partial charge in [0, 0.05) is 27.0 Å². The summed E-state index contributed by atoms with van der Waals surface area (Å²) in [5.41, 5.74) is -5.00. The molecule has 0 saturated carbocycles. The molecule has 224 valence electrons. The van der Waals surface area contributed by atoms with Gasteiger partial charge >= 0.3 is 23.3 Å². The number of nitro groups is 2. The first kappa shape index (κ1) is 32.8. The summed E-state index contributed by atoms with van der Waals surface area (Å²) in [4.78, 5) is 42.4. The fraction of sp³-hybridized carbons (Fsp3) is 0.417. The highest BCUT2D eigenvalue weighted by Crippen LogP contribution is 2.40. The second-order valence-corrected chi connectivity index (χ2v) is 8.71. The van der Waals surface area contributed by atoms with Crippen LogP contribution >= 0.6 is 0 Å². The van der Waals surface area contributed by atoms with Gasteiger partial charge in [0.15, 0.2) is 0 Å². The standard InChI is InChI=1S/C14H16F2N2O5.C10H8F3NO4/c1-14(15,16)10-5-8(13(19)22-2)6-11(12(10)18(20)21)17-7-9-3-4-23-9;1-10(12,13)6-3-5(9(15)18-2)4-7(11)8(6)14(16)17/h5-6,9,17H,3-4,7H2,1-2H3;3-4H,1-2H3/t9-;/m0./s1. The first-order valence-corrected chi connectivity index (χ1v) is 11.5. The van der Waals surface area contributed by atoms with E-state index in [-0.39, 0.29) is 23.9 Å². The Kier molecular flexibility index (Phi) is 10.3. The lowest BCUT2D eigenvalue weighted by Crippen LogP contribution is -2.33. The minimum Gasteiger partial charge on any atom is -0.465 e. The molecule has 1 fully saturated rings. The highest BCUT2D eigenvalue weighted by molar-refractivity contribution is 5.92. The molecular weight excluding hydrogens is 569 g/mol. The molecule has 41 heavy (non-hydrogen) atoms. The monoisotopic (exact) mass is 593 g/mol. The molecular formula is C24H24F5N3O9. The van der Waals surface area contributed by atoms with Crippen molar-refractivity contribution in [2.45, 2.75) is 38.2 Å². The van der Waals surface area contributed by atoms with E-state index in [2.05, 4.69) is 14.8 Å². The topological polar surface area (TPSA) is 160 Å². The first-order chi connectivity index (χ1) is 18.9. The van der Waals surface area contributed by atoms with Crippen molar-refractivity contribution < 1.29 is 55.6 Å². The number of carbonyl (C=O) groups excluding carboxylic acids is 2. The van der Waals surface area contributed by atoms with E-state index in [4.69, 9.17) is 4.74 Å². The Hall–Kier alpha value is -4.41. The van der Waals surface area contributed by atoms with E-state index in [0.717, 1.165) is 32.8 Å². The van der Waals surface area contributed by atoms with E-state index < -0.39 is 67.5 Å². The minimum atomic E-state index is -3.66. The fourth-order valence-electron chi connectivity index (χ4n) is 3.56. The number of rotatable bonds is 9. The molecule has 0 bridgehead atoms. The van der Waals surface area contributed by atoms with Crippen LogP contribution < -0.4 is 5.32 Å². The first-order valence-electron chi connectivity index (χ1n) is 11.5. The number of hydrogen-bond acceptors (Lipinski definition) is 10. The Labute approximate surface area is 228 Å². The summed E-state index contributed by atoms with van der Waals surface area (Å²) in [6.45, 7) is 1.72. The van der Waals surface area contributed by atoms with Gasteiger partial charge in [-0.05, 0) is 30.7 Å². The van der Waals surface area contributed by atoms with E-state index in [0.29, 0.717) is 32.6 Å². The van der Waals surface area contributed by atoms with Crippen molar-refractivity contribution in [3.63, 3.8) is 0 Å². The Morgan fingerprint density at radius 3 is 1.73 bits per heavy atom. The fourth-order valence-corrected chi connectivity index (χ4v) is 3.56. The van der Waals surface area contributed by atoms with Crippen molar-refractivity contribution in [3.05, 3.63) is 72.6 Å². The van der Waals surface area contributed by atoms with E-state index in [1.807, 2.05) is 0 Å². The molecule has 3 rings (SSSR count). The maximum Gasteiger partial charge on any atom is 0.337 e. The number of nitrogens with zero attached hydrogens (tertiary/aromatic N) is 2. The van der Waals surface area contributed by atoms with Crippen LogP contribution in [0.2, 0.25) is 0 Å². The number of halogens is 5. The summed E-state index contributed by atoms with van der Waals surface area (Å²) in [5.74, 6) is -10.6. The van der Waals surface area contributed by atoms with Gasteiger partial charge < -0.3 is 19.5 Å². The molecule has 1 aliphatic heterocycles. The molecule has 1 heterocycles. The molecule has 1 saturated heterocycles. The number of carbonyl (C=O) groups is 2. The lowest BCUT2D eigenvalue weighted by Gasteiger charge is -2.27. The number of methoxy groups -OCH3 is 2. The Morgan fingerprint density at radius 1 is 0.927 bits per heavy atom. The SMILES string of the molecule is COC(=O)c1cc(F)c([N+](=O)[O-])c(C(C)(F)F)c1.COC(=O)c1cc(NC[C@@H]2CCO2)c([N+](=O)[O-])c(C(C)(F)F)c1. The number of alkyl halides is 4. The number of hydrogen-bond donors (Lipinski definition) is 1. The second kappa shape index (κ2) is 12.8. The van der Waals surface area contributed by atoms with Crippen LogP contribution in [-0.4, -0.2) is 55.3 Å². The molecule has 2 aromatic carbocycles. The van der Waals surface area contributed by atoms with Gasteiger partial charge in [0.1, 0.15) is 16.8 Å². The molecule has 1 atom stereocenters. The van der Waals surface area contributed by atoms with Crippen LogP contribution in [0, 0.1) is 26.0 Å². The second-order valence-electron chi connectivity index (χ2n) is 8.71. The van der Waals surface area contributed by atoms with Gasteiger partial charge in [-0.25, -0.2) is 27.2 Å². The number of esters is 2. The van der Waals surface area contributed by atoms with Gasteiger partial charge in [0.05, 0.1) is 41.3 Å². The summed E-state index contributed by atoms with van der Waals surface area (Å²) in [7, 11) is 2.08. The number of nitro benzene ring substituents is 2. The average molecular weight is 593 g/mol. The summed E-state index contributed by atoms with van der Waals surface area (Å²) >= 11 is 0. The van der Waals surface area contributed by atoms with Crippen molar-refractivity contribution >= 4 is 29.0 Å². The predicted molar refractivity (Wildman–Crippen MR) is 131 cm³/mol. The zero-order valence-electron chi connectivity index (χ0n) is 22.0. The molecule has 1 aliphatic rings. The van der Waals surface area contributed by atoms with Crippen LogP contribution in [0.25, 0.3) is 0 Å². The van der Waals surface area contributed by atoms with Gasteiger partial charge in [0.2, 0.25) is 5.82 Å². The van der Waals surface area contributed by atoms with E-state index in [1.54, 1.807) is 0 Å². The zero-order chi connectivity index (χ0) is 31.3. The number of benzene rings is 2. The largest absolute Gasteiger partial charge is 0.465 e. The molecule has 0 radical (unpaired) electrons. The smallest absolute Gasteiger partial charge is 0.337 e. The van der Waals surface area contributed by atoms with E-state index in [1.165, 1.54) is 0 Å². The summed E-state index contributed by atoms with van der Waals surface area (Å²) in [6.07, 6.45) is 0.635. The predicted octanol–water partition coefficient (Wildman–Crippen LogP) is 5.33. The van der Waals surface area contributed by atoms with Crippen LogP contribution in [0.4, 0.5) is 39.0 Å². The van der Waals surface area contributed by atoms with Crippen LogP contribution in [-0.2, 0) is 26.1 Å². The minimum absolute atomic E-state index is 0.137. The normalized spacial score (nSPS) is 14.6. The number of anilines is 1. The van der Waals surface area contributed by atoms with Crippen LogP contribution in [0.5, 0.6) is 0 Å². The Bertz CT molecular complexity index is 1340. The van der Waals surface area contributed by atoms with Crippen molar-refractivity contribution in [1.82, 2.24) is 0 Å². The van der Waals surface area contributed by atoms with Gasteiger partial charge in [0.25, 0.3) is 11.8 Å². The molecule has 17 heteroatoms. The highest BCUT2D eigenvalue weighted by atomic mass is 19.3. The van der Waals surface area contributed by atoms with Crippen molar-refractivity contribution in [2.24, 2.45) is 0 Å². The zero-order valence-corrected chi connectivity index (χ0v) is 22.0. The molecule has 0 aliphatic carbocycles. The van der Waals surface area contributed by atoms with Gasteiger partial charge in [-0.1, -0.05) is 0 Å². The third-order valence-electron chi connectivity index (χ3n) is 5.64. The van der Waals surface area contributed by atoms with Gasteiger partial charge in [-0.2, -0.15) is 4.39 Å². The Balaban J connectivity index is 0.000000296. The van der Waals surface area contributed by atoms with E-state index in [9.17, 15) is 51.8 Å². The maximum absolute atomic E-state index is 13.8. The molecule has 0 spiro atoms. The van der Waals surface area contributed by atoms with Crippen molar-refractivity contribution in [2.75, 3.05) is 32.7 Å². The molecule has 1 N–H and O–H groups in total. The highest BCUT2D eigenvalue weighted by Gasteiger charge is 2.38. The Morgan fingerprint density at radius 2 is 1.37 bits per heavy atom. The molecule has 0 aromatic heterocycles. The molecule has 0 unspecified atom stereocenters. The van der Waals surface area contributed by atoms with Crippen molar-refractivity contribution in [3.8, 4) is 0 Å². The van der Waals surface area contributed by atoms with Gasteiger partial charge in [-0.15, -0.1) is 0 Å². The summed E-state index contributed by atoms with van der Waals surface area (Å²) < 4.78 is 81.2. The van der Waals surface area contributed by atoms with E-state index >= 15 is 0 Å².